The van der Waals surface area contributed by atoms with Crippen LogP contribution in [-0.4, -0.2) is 22.3 Å². The van der Waals surface area contributed by atoms with Gasteiger partial charge >= 0.3 is 0 Å². The highest BCUT2D eigenvalue weighted by atomic mass is 19.1. The summed E-state index contributed by atoms with van der Waals surface area (Å²) in [6, 6.07) is 24.2. The summed E-state index contributed by atoms with van der Waals surface area (Å²) >= 11 is 0. The van der Waals surface area contributed by atoms with Crippen LogP contribution in [0.3, 0.4) is 0 Å². The van der Waals surface area contributed by atoms with Gasteiger partial charge in [0, 0.05) is 25.9 Å². The largest absolute Gasteiger partial charge is 0.489 e. The first-order valence-electron chi connectivity index (χ1n) is 11.4. The third-order valence-corrected chi connectivity index (χ3v) is 5.53. The molecule has 6 heteroatoms. The minimum atomic E-state index is -0.366. The van der Waals surface area contributed by atoms with Crippen molar-refractivity contribution < 1.29 is 18.3 Å². The third-order valence-electron chi connectivity index (χ3n) is 5.53. The van der Waals surface area contributed by atoms with E-state index >= 15 is 0 Å². The lowest BCUT2D eigenvalue weighted by Gasteiger charge is -2.21. The van der Waals surface area contributed by atoms with Crippen LogP contribution in [0.25, 0.3) is 11.3 Å². The molecule has 1 aromatic heterocycles. The van der Waals surface area contributed by atoms with Crippen LogP contribution in [0.2, 0.25) is 0 Å². The number of halogens is 1. The van der Waals surface area contributed by atoms with Crippen LogP contribution >= 0.6 is 0 Å². The number of carbonyl (C=O) groups excluding carboxylic acids is 1. The molecule has 34 heavy (non-hydrogen) atoms. The molecule has 0 aliphatic rings. The molecule has 1 heterocycles. The fourth-order valence-electron chi connectivity index (χ4n) is 3.61. The number of nitrogens with zero attached hydrogens (tertiary/aromatic N) is 2. The van der Waals surface area contributed by atoms with E-state index < -0.39 is 0 Å². The third kappa shape index (κ3) is 6.10. The Labute approximate surface area is 198 Å². The van der Waals surface area contributed by atoms with Crippen molar-refractivity contribution in [3.8, 4) is 17.1 Å². The van der Waals surface area contributed by atoms with Crippen molar-refractivity contribution in [2.45, 2.75) is 32.9 Å². The zero-order valence-corrected chi connectivity index (χ0v) is 19.1. The topological polar surface area (TPSA) is 55.6 Å². The molecule has 3 aromatic carbocycles. The molecule has 0 unspecified atom stereocenters. The molecular formula is C28H27FN2O3. The molecule has 0 spiro atoms. The zero-order valence-electron chi connectivity index (χ0n) is 19.1. The second kappa shape index (κ2) is 11.3. The molecule has 0 saturated heterocycles. The number of aryl methyl sites for hydroxylation is 1. The number of carbonyl (C=O) groups is 1. The van der Waals surface area contributed by atoms with Gasteiger partial charge in [0.2, 0.25) is 5.91 Å². The summed E-state index contributed by atoms with van der Waals surface area (Å²) in [5.74, 6) is 1.22. The van der Waals surface area contributed by atoms with Crippen LogP contribution in [0, 0.1) is 5.82 Å². The highest BCUT2D eigenvalue weighted by molar-refractivity contribution is 5.76. The fraction of sp³-hybridized carbons (Fsp3) is 0.214. The lowest BCUT2D eigenvalue weighted by atomic mass is 10.2. The summed E-state index contributed by atoms with van der Waals surface area (Å²) in [6.07, 6.45) is 2.12. The lowest BCUT2D eigenvalue weighted by molar-refractivity contribution is -0.131. The Hall–Kier alpha value is -3.93. The molecule has 0 radical (unpaired) electrons. The van der Waals surface area contributed by atoms with Crippen molar-refractivity contribution in [3.63, 3.8) is 0 Å². The number of benzene rings is 3. The van der Waals surface area contributed by atoms with Crippen molar-refractivity contribution >= 4 is 5.91 Å². The van der Waals surface area contributed by atoms with E-state index in [0.29, 0.717) is 43.3 Å². The van der Waals surface area contributed by atoms with Crippen molar-refractivity contribution in [3.05, 3.63) is 108 Å². The smallest absolute Gasteiger partial charge is 0.223 e. The maximum Gasteiger partial charge on any atom is 0.223 e. The van der Waals surface area contributed by atoms with Crippen LogP contribution in [0.1, 0.15) is 30.4 Å². The van der Waals surface area contributed by atoms with Gasteiger partial charge in [-0.3, -0.25) is 4.79 Å². The number of aromatic nitrogens is 1. The molecule has 174 valence electrons. The second-order valence-electron chi connectivity index (χ2n) is 7.92. The Morgan fingerprint density at radius 3 is 2.44 bits per heavy atom. The summed E-state index contributed by atoms with van der Waals surface area (Å²) in [4.78, 5) is 18.8. The standard InChI is InChI=1S/C28H27FN2O3/c1-2-31(19-21-12-14-23(15-13-21)33-20-22-8-4-3-5-9-22)28(32)17-16-27-30-18-26(34-27)24-10-6-7-11-25(24)29/h3-15,18H,2,16-17,19-20H2,1H3. The summed E-state index contributed by atoms with van der Waals surface area (Å²) in [5.41, 5.74) is 2.50. The number of hydrogen-bond acceptors (Lipinski definition) is 4. The van der Waals surface area contributed by atoms with E-state index in [1.165, 1.54) is 12.3 Å². The molecule has 0 atom stereocenters. The minimum absolute atomic E-state index is 0.0116. The summed E-state index contributed by atoms with van der Waals surface area (Å²) < 4.78 is 25.4. The van der Waals surface area contributed by atoms with Crippen molar-refractivity contribution in [1.82, 2.24) is 9.88 Å². The average molecular weight is 459 g/mol. The molecule has 0 fully saturated rings. The van der Waals surface area contributed by atoms with E-state index in [1.54, 1.807) is 23.1 Å². The number of hydrogen-bond donors (Lipinski definition) is 0. The molecule has 4 rings (SSSR count). The molecule has 0 N–H and O–H groups in total. The van der Waals surface area contributed by atoms with Gasteiger partial charge < -0.3 is 14.1 Å². The Morgan fingerprint density at radius 2 is 1.71 bits per heavy atom. The van der Waals surface area contributed by atoms with E-state index in [9.17, 15) is 9.18 Å². The Kier molecular flexibility index (Phi) is 7.71. The molecule has 0 aliphatic carbocycles. The highest BCUT2D eigenvalue weighted by Crippen LogP contribution is 2.24. The van der Waals surface area contributed by atoms with Crippen molar-refractivity contribution in [2.75, 3.05) is 6.54 Å². The van der Waals surface area contributed by atoms with Gasteiger partial charge in [0.1, 0.15) is 18.2 Å². The van der Waals surface area contributed by atoms with Crippen LogP contribution < -0.4 is 4.74 Å². The van der Waals surface area contributed by atoms with Gasteiger partial charge in [0.05, 0.1) is 11.8 Å². The van der Waals surface area contributed by atoms with E-state index in [4.69, 9.17) is 9.15 Å². The second-order valence-corrected chi connectivity index (χ2v) is 7.92. The van der Waals surface area contributed by atoms with Gasteiger partial charge in [-0.2, -0.15) is 0 Å². The van der Waals surface area contributed by atoms with E-state index in [1.807, 2.05) is 61.5 Å². The fourth-order valence-corrected chi connectivity index (χ4v) is 3.61. The predicted molar refractivity (Wildman–Crippen MR) is 129 cm³/mol. The molecule has 1 amide bonds. The van der Waals surface area contributed by atoms with E-state index in [2.05, 4.69) is 4.98 Å². The number of amides is 1. The van der Waals surface area contributed by atoms with Gasteiger partial charge in [-0.15, -0.1) is 0 Å². The van der Waals surface area contributed by atoms with Gasteiger partial charge in [-0.05, 0) is 42.3 Å². The van der Waals surface area contributed by atoms with Crippen LogP contribution in [0.15, 0.2) is 89.5 Å². The van der Waals surface area contributed by atoms with Crippen LogP contribution in [0.5, 0.6) is 5.75 Å². The van der Waals surface area contributed by atoms with Crippen molar-refractivity contribution in [2.24, 2.45) is 0 Å². The molecule has 5 nitrogen and oxygen atoms in total. The average Bonchev–Trinajstić information content (AvgIpc) is 3.35. The van der Waals surface area contributed by atoms with Gasteiger partial charge in [-0.1, -0.05) is 54.6 Å². The SMILES string of the molecule is CCN(Cc1ccc(OCc2ccccc2)cc1)C(=O)CCc1ncc(-c2ccccc2F)o1. The molecule has 0 bridgehead atoms. The molecular weight excluding hydrogens is 431 g/mol. The van der Waals surface area contributed by atoms with Crippen LogP contribution in [-0.2, 0) is 24.4 Å². The first-order chi connectivity index (χ1) is 16.6. The molecule has 4 aromatic rings. The monoisotopic (exact) mass is 458 g/mol. The number of ether oxygens (including phenoxy) is 1. The summed E-state index contributed by atoms with van der Waals surface area (Å²) in [7, 11) is 0. The zero-order chi connectivity index (χ0) is 23.8. The Morgan fingerprint density at radius 1 is 0.971 bits per heavy atom. The lowest BCUT2D eigenvalue weighted by Crippen LogP contribution is -2.30. The Balaban J connectivity index is 1.29. The summed E-state index contributed by atoms with van der Waals surface area (Å²) in [6.45, 7) is 3.58. The van der Waals surface area contributed by atoms with Gasteiger partial charge in [-0.25, -0.2) is 9.37 Å². The first-order valence-corrected chi connectivity index (χ1v) is 11.4. The summed E-state index contributed by atoms with van der Waals surface area (Å²) in [5, 5.41) is 0. The van der Waals surface area contributed by atoms with Gasteiger partial charge in [0.15, 0.2) is 11.7 Å². The minimum Gasteiger partial charge on any atom is -0.489 e. The Bertz CT molecular complexity index is 1210. The van der Waals surface area contributed by atoms with Crippen molar-refractivity contribution in [1.29, 1.82) is 0 Å². The maximum absolute atomic E-state index is 13.9. The van der Waals surface area contributed by atoms with Gasteiger partial charge in [0.25, 0.3) is 0 Å². The predicted octanol–water partition coefficient (Wildman–Crippen LogP) is 6.04. The highest BCUT2D eigenvalue weighted by Gasteiger charge is 2.15. The first kappa shape index (κ1) is 23.2. The van der Waals surface area contributed by atoms with Crippen LogP contribution in [0.4, 0.5) is 4.39 Å². The maximum atomic E-state index is 13.9. The molecule has 0 aliphatic heterocycles. The quantitative estimate of drug-likeness (QED) is 0.291. The normalized spacial score (nSPS) is 10.8. The van der Waals surface area contributed by atoms with E-state index in [0.717, 1.165) is 16.9 Å². The van der Waals surface area contributed by atoms with E-state index in [-0.39, 0.29) is 18.1 Å². The molecule has 0 saturated carbocycles. The number of rotatable bonds is 10. The number of oxazole rings is 1.